The first-order valence-electron chi connectivity index (χ1n) is 9.54. The van der Waals surface area contributed by atoms with Gasteiger partial charge < -0.3 is 14.8 Å². The van der Waals surface area contributed by atoms with E-state index < -0.39 is 0 Å². The molecule has 0 saturated heterocycles. The first-order valence-corrected chi connectivity index (χ1v) is 9.54. The second kappa shape index (κ2) is 7.93. The molecule has 4 rings (SSSR count). The van der Waals surface area contributed by atoms with Crippen LogP contribution < -0.4 is 15.6 Å². The Kier molecular flexibility index (Phi) is 5.18. The van der Waals surface area contributed by atoms with Crippen LogP contribution in [-0.2, 0) is 4.74 Å². The van der Waals surface area contributed by atoms with E-state index in [0.29, 0.717) is 23.7 Å². The molecule has 1 aliphatic heterocycles. The number of aromatic nitrogens is 2. The van der Waals surface area contributed by atoms with Gasteiger partial charge in [0.1, 0.15) is 17.8 Å². The Morgan fingerprint density at radius 2 is 1.97 bits per heavy atom. The Hall–Kier alpha value is -3.38. The number of nitrogens with one attached hydrogen (secondary N) is 1. The number of hydrogen-bond acceptors (Lipinski definition) is 5. The van der Waals surface area contributed by atoms with Crippen molar-refractivity contribution in [1.29, 1.82) is 0 Å². The minimum Gasteiger partial charge on any atom is -0.497 e. The van der Waals surface area contributed by atoms with Crippen molar-refractivity contribution in [2.45, 2.75) is 20.1 Å². The molecule has 1 atom stereocenters. The molecule has 0 amide bonds. The molecule has 0 saturated carbocycles. The second-order valence-corrected chi connectivity index (χ2v) is 6.77. The highest BCUT2D eigenvalue weighted by Gasteiger charge is 2.21. The molecule has 2 aromatic heterocycles. The Balaban J connectivity index is 1.92. The third-order valence-electron chi connectivity index (χ3n) is 4.86. The van der Waals surface area contributed by atoms with Gasteiger partial charge in [-0.3, -0.25) is 14.3 Å². The number of nitrogens with zero attached hydrogens (tertiary/aromatic N) is 2. The molecule has 0 aliphatic carbocycles. The van der Waals surface area contributed by atoms with Gasteiger partial charge in [0, 0.05) is 23.4 Å². The summed E-state index contributed by atoms with van der Waals surface area (Å²) < 4.78 is 12.6. The number of anilines is 1. The Morgan fingerprint density at radius 3 is 2.62 bits per heavy atom. The fourth-order valence-corrected chi connectivity index (χ4v) is 3.38. The summed E-state index contributed by atoms with van der Waals surface area (Å²) in [7, 11) is 1.62. The van der Waals surface area contributed by atoms with Crippen LogP contribution in [0.15, 0.2) is 59.5 Å². The van der Waals surface area contributed by atoms with Crippen molar-refractivity contribution in [3.8, 4) is 22.6 Å². The van der Waals surface area contributed by atoms with E-state index in [4.69, 9.17) is 9.47 Å². The van der Waals surface area contributed by atoms with Crippen molar-refractivity contribution in [3.05, 3.63) is 76.3 Å². The third-order valence-corrected chi connectivity index (χ3v) is 4.86. The van der Waals surface area contributed by atoms with Gasteiger partial charge in [-0.2, -0.15) is 0 Å². The fourth-order valence-electron chi connectivity index (χ4n) is 3.38. The third kappa shape index (κ3) is 3.67. The molecule has 29 heavy (non-hydrogen) atoms. The van der Waals surface area contributed by atoms with E-state index in [2.05, 4.69) is 10.3 Å². The van der Waals surface area contributed by atoms with E-state index in [9.17, 15) is 4.79 Å². The second-order valence-electron chi connectivity index (χ2n) is 6.77. The van der Waals surface area contributed by atoms with Crippen LogP contribution in [0.25, 0.3) is 22.9 Å². The van der Waals surface area contributed by atoms with E-state index in [-0.39, 0.29) is 11.8 Å². The summed E-state index contributed by atoms with van der Waals surface area (Å²) in [5.74, 6) is 1.44. The zero-order valence-corrected chi connectivity index (χ0v) is 16.7. The first kappa shape index (κ1) is 19.0. The van der Waals surface area contributed by atoms with Crippen LogP contribution >= 0.6 is 0 Å². The van der Waals surface area contributed by atoms with Crippen molar-refractivity contribution >= 4 is 11.9 Å². The predicted molar refractivity (Wildman–Crippen MR) is 115 cm³/mol. The fraction of sp³-hybridized carbons (Fsp3) is 0.217. The molecule has 6 nitrogen and oxygen atoms in total. The number of methoxy groups -OCH3 is 1. The van der Waals surface area contributed by atoms with Gasteiger partial charge in [-0.25, -0.2) is 0 Å². The summed E-state index contributed by atoms with van der Waals surface area (Å²) in [6, 6.07) is 13.2. The quantitative estimate of drug-likeness (QED) is 0.714. The average molecular weight is 389 g/mol. The predicted octanol–water partition coefficient (Wildman–Crippen LogP) is 4.02. The lowest BCUT2D eigenvalue weighted by atomic mass is 10.0. The van der Waals surface area contributed by atoms with Gasteiger partial charge in [0.2, 0.25) is 0 Å². The topological polar surface area (TPSA) is 65.4 Å². The molecule has 0 spiro atoms. The lowest BCUT2D eigenvalue weighted by molar-refractivity contribution is 0.115. The molecule has 1 unspecified atom stereocenters. The van der Waals surface area contributed by atoms with E-state index in [1.807, 2.05) is 68.5 Å². The van der Waals surface area contributed by atoms with Crippen molar-refractivity contribution in [1.82, 2.24) is 9.55 Å². The van der Waals surface area contributed by atoms with Gasteiger partial charge in [0.05, 0.1) is 19.0 Å². The van der Waals surface area contributed by atoms with Crippen molar-refractivity contribution < 1.29 is 9.47 Å². The summed E-state index contributed by atoms with van der Waals surface area (Å²) in [5.41, 5.74) is 3.80. The van der Waals surface area contributed by atoms with Gasteiger partial charge in [-0.1, -0.05) is 18.2 Å². The van der Waals surface area contributed by atoms with Gasteiger partial charge >= 0.3 is 0 Å². The number of hydrogen-bond donors (Lipinski definition) is 1. The molecule has 3 heterocycles. The minimum absolute atomic E-state index is 0.127. The van der Waals surface area contributed by atoms with Crippen LogP contribution in [-0.4, -0.2) is 29.5 Å². The minimum atomic E-state index is -0.289. The Labute approximate surface area is 169 Å². The molecule has 0 fully saturated rings. The van der Waals surface area contributed by atoms with E-state index in [1.54, 1.807) is 17.9 Å². The highest BCUT2D eigenvalue weighted by Crippen LogP contribution is 2.29. The van der Waals surface area contributed by atoms with Crippen LogP contribution in [0.2, 0.25) is 0 Å². The highest BCUT2D eigenvalue weighted by molar-refractivity contribution is 5.76. The van der Waals surface area contributed by atoms with Crippen LogP contribution in [0.3, 0.4) is 0 Å². The van der Waals surface area contributed by atoms with E-state index >= 15 is 0 Å². The number of aryl methyl sites for hydroxylation is 1. The summed E-state index contributed by atoms with van der Waals surface area (Å²) in [5, 5.41) is 3.32. The SMILES string of the molecule is CCOC1C=Cc2cc(-c3ccc(OC)cc3)c(=O)n(-c3ccc(C)nc3)c2N1. The van der Waals surface area contributed by atoms with Gasteiger partial charge in [0.15, 0.2) is 0 Å². The van der Waals surface area contributed by atoms with Crippen LogP contribution in [0.5, 0.6) is 5.75 Å². The number of pyridine rings is 2. The van der Waals surface area contributed by atoms with Gasteiger partial charge in [0.25, 0.3) is 5.56 Å². The van der Waals surface area contributed by atoms with Gasteiger partial charge in [-0.05, 0) is 55.8 Å². The zero-order valence-electron chi connectivity index (χ0n) is 16.7. The Bertz CT molecular complexity index is 1100. The molecular formula is C23H23N3O3. The van der Waals surface area contributed by atoms with E-state index in [1.165, 1.54) is 0 Å². The average Bonchev–Trinajstić information content (AvgIpc) is 2.75. The van der Waals surface area contributed by atoms with Crippen LogP contribution in [0.1, 0.15) is 18.2 Å². The summed E-state index contributed by atoms with van der Waals surface area (Å²) in [6.07, 6.45) is 5.36. The number of rotatable bonds is 5. The molecular weight excluding hydrogens is 366 g/mol. The van der Waals surface area contributed by atoms with Crippen molar-refractivity contribution in [2.24, 2.45) is 0 Å². The van der Waals surface area contributed by atoms with Gasteiger partial charge in [-0.15, -0.1) is 0 Å². The molecule has 1 N–H and O–H groups in total. The van der Waals surface area contributed by atoms with Crippen molar-refractivity contribution in [3.63, 3.8) is 0 Å². The highest BCUT2D eigenvalue weighted by atomic mass is 16.5. The lowest BCUT2D eigenvalue weighted by Crippen LogP contribution is -2.31. The monoisotopic (exact) mass is 389 g/mol. The normalized spacial score (nSPS) is 14.9. The summed E-state index contributed by atoms with van der Waals surface area (Å²) in [6.45, 7) is 4.42. The number of benzene rings is 1. The standard InChI is InChI=1S/C23H23N3O3/c1-4-29-21-12-8-17-13-20(16-6-10-19(28-3)11-7-16)23(27)26(22(17)25-21)18-9-5-15(2)24-14-18/h5-14,21,25H,4H2,1-3H3. The molecule has 1 aliphatic rings. The summed E-state index contributed by atoms with van der Waals surface area (Å²) in [4.78, 5) is 17.9. The zero-order chi connectivity index (χ0) is 20.4. The number of fused-ring (bicyclic) bond motifs is 1. The lowest BCUT2D eigenvalue weighted by Gasteiger charge is -2.26. The van der Waals surface area contributed by atoms with Crippen LogP contribution in [0, 0.1) is 6.92 Å². The summed E-state index contributed by atoms with van der Waals surface area (Å²) >= 11 is 0. The molecule has 3 aromatic rings. The molecule has 1 aromatic carbocycles. The molecule has 148 valence electrons. The van der Waals surface area contributed by atoms with Crippen LogP contribution in [0.4, 0.5) is 5.82 Å². The smallest absolute Gasteiger partial charge is 0.264 e. The molecule has 0 radical (unpaired) electrons. The number of ether oxygens (including phenoxy) is 2. The van der Waals surface area contributed by atoms with Crippen molar-refractivity contribution in [2.75, 3.05) is 19.0 Å². The molecule has 6 heteroatoms. The molecule has 0 bridgehead atoms. The first-order chi connectivity index (χ1) is 14.1. The largest absolute Gasteiger partial charge is 0.497 e. The Morgan fingerprint density at radius 1 is 1.17 bits per heavy atom. The van der Waals surface area contributed by atoms with E-state index in [0.717, 1.165) is 22.6 Å². The maximum atomic E-state index is 13.5. The maximum absolute atomic E-state index is 13.5. The maximum Gasteiger partial charge on any atom is 0.264 e.